The van der Waals surface area contributed by atoms with E-state index in [1.54, 1.807) is 11.1 Å². The summed E-state index contributed by atoms with van der Waals surface area (Å²) in [6.07, 6.45) is 3.44. The van der Waals surface area contributed by atoms with Crippen molar-refractivity contribution in [1.82, 2.24) is 20.7 Å². The van der Waals surface area contributed by atoms with Gasteiger partial charge in [-0.1, -0.05) is 0 Å². The average Bonchev–Trinajstić information content (AvgIpc) is 2.61. The Labute approximate surface area is 95.2 Å². The predicted octanol–water partition coefficient (Wildman–Crippen LogP) is 0.402. The van der Waals surface area contributed by atoms with Crippen molar-refractivity contribution in [3.8, 4) is 0 Å². The third kappa shape index (κ3) is 2.45. The summed E-state index contributed by atoms with van der Waals surface area (Å²) in [6, 6.07) is 0. The number of carbonyl (C=O) groups excluding carboxylic acids is 1. The summed E-state index contributed by atoms with van der Waals surface area (Å²) in [5.74, 6) is 0. The lowest BCUT2D eigenvalue weighted by atomic mass is 10.2. The fourth-order valence-electron chi connectivity index (χ4n) is 1.62. The van der Waals surface area contributed by atoms with Crippen LogP contribution in [0.15, 0.2) is 12.4 Å². The maximum absolute atomic E-state index is 11.8. The molecule has 6 nitrogen and oxygen atoms in total. The lowest BCUT2D eigenvalue weighted by Gasteiger charge is -2.32. The number of hydrazine groups is 1. The van der Waals surface area contributed by atoms with Crippen molar-refractivity contribution in [2.75, 3.05) is 13.2 Å². The lowest BCUT2D eigenvalue weighted by molar-refractivity contribution is 0.0278. The number of hydrogen-bond acceptors (Lipinski definition) is 5. The molecule has 90 valence electrons. The molecule has 2 rings (SSSR count). The van der Waals surface area contributed by atoms with Crippen LogP contribution in [0.4, 0.5) is 4.79 Å². The van der Waals surface area contributed by atoms with Gasteiger partial charge >= 0.3 is 6.09 Å². The summed E-state index contributed by atoms with van der Waals surface area (Å²) in [7, 11) is 0. The van der Waals surface area contributed by atoms with Gasteiger partial charge in [-0.2, -0.15) is 0 Å². The van der Waals surface area contributed by atoms with Gasteiger partial charge in [-0.3, -0.25) is 4.90 Å². The van der Waals surface area contributed by atoms with Crippen LogP contribution >= 0.6 is 0 Å². The number of carbonyl (C=O) groups is 1. The van der Waals surface area contributed by atoms with Crippen LogP contribution in [-0.2, 0) is 4.74 Å². The number of fused-ring (bicyclic) bond motifs is 1. The number of nitrogens with one attached hydrogen (secondary N) is 2. The van der Waals surface area contributed by atoms with Crippen molar-refractivity contribution in [3.05, 3.63) is 12.4 Å². The number of hydrogen-bond donors (Lipinski definition) is 2. The SMILES string of the molecule is CC(C)(C)OC(=O)N1C=CN2CNNC2C1. The molecule has 2 N–H and O–H groups in total. The number of nitrogens with zero attached hydrogens (tertiary/aromatic N) is 2. The Morgan fingerprint density at radius 3 is 2.88 bits per heavy atom. The molecule has 1 unspecified atom stereocenters. The molecule has 1 amide bonds. The van der Waals surface area contributed by atoms with Crippen molar-refractivity contribution < 1.29 is 9.53 Å². The van der Waals surface area contributed by atoms with Crippen molar-refractivity contribution in [3.63, 3.8) is 0 Å². The molecule has 2 heterocycles. The first kappa shape index (κ1) is 11.2. The van der Waals surface area contributed by atoms with Gasteiger partial charge in [0, 0.05) is 12.4 Å². The van der Waals surface area contributed by atoms with Crippen LogP contribution in [0.2, 0.25) is 0 Å². The summed E-state index contributed by atoms with van der Waals surface area (Å²) in [5, 5.41) is 0. The van der Waals surface area contributed by atoms with Gasteiger partial charge in [-0.25, -0.2) is 15.6 Å². The maximum atomic E-state index is 11.8. The molecule has 0 aromatic carbocycles. The smallest absolute Gasteiger partial charge is 0.414 e. The molecule has 6 heteroatoms. The summed E-state index contributed by atoms with van der Waals surface area (Å²) in [4.78, 5) is 15.4. The van der Waals surface area contributed by atoms with Gasteiger partial charge in [0.1, 0.15) is 11.8 Å². The van der Waals surface area contributed by atoms with Gasteiger partial charge in [0.25, 0.3) is 0 Å². The second-order valence-corrected chi connectivity index (χ2v) is 4.94. The Hall–Kier alpha value is -1.27. The van der Waals surface area contributed by atoms with E-state index >= 15 is 0 Å². The largest absolute Gasteiger partial charge is 0.443 e. The van der Waals surface area contributed by atoms with Crippen molar-refractivity contribution in [2.45, 2.75) is 32.5 Å². The molecule has 0 bridgehead atoms. The quantitative estimate of drug-likeness (QED) is 0.626. The highest BCUT2D eigenvalue weighted by atomic mass is 16.6. The first-order valence-corrected chi connectivity index (χ1v) is 5.38. The summed E-state index contributed by atoms with van der Waals surface area (Å²) in [6.45, 7) is 6.92. The highest BCUT2D eigenvalue weighted by molar-refractivity contribution is 5.69. The molecular formula is C10H18N4O2. The van der Waals surface area contributed by atoms with E-state index in [9.17, 15) is 4.79 Å². The Bertz CT molecular complexity index is 310. The minimum atomic E-state index is -0.455. The van der Waals surface area contributed by atoms with Crippen molar-refractivity contribution in [2.24, 2.45) is 0 Å². The zero-order chi connectivity index (χ0) is 11.8. The van der Waals surface area contributed by atoms with Crippen LogP contribution in [0, 0.1) is 0 Å². The van der Waals surface area contributed by atoms with Gasteiger partial charge in [-0.15, -0.1) is 0 Å². The van der Waals surface area contributed by atoms with E-state index in [1.165, 1.54) is 0 Å². The van der Waals surface area contributed by atoms with Gasteiger partial charge in [0.2, 0.25) is 0 Å². The third-order valence-electron chi connectivity index (χ3n) is 2.37. The van der Waals surface area contributed by atoms with Gasteiger partial charge < -0.3 is 9.64 Å². The van der Waals surface area contributed by atoms with Gasteiger partial charge in [0.15, 0.2) is 0 Å². The van der Waals surface area contributed by atoms with Crippen LogP contribution in [-0.4, -0.2) is 40.9 Å². The molecular weight excluding hydrogens is 208 g/mol. The Morgan fingerprint density at radius 1 is 1.44 bits per heavy atom. The molecule has 0 radical (unpaired) electrons. The fraction of sp³-hybridized carbons (Fsp3) is 0.700. The van der Waals surface area contributed by atoms with Crippen LogP contribution in [0.5, 0.6) is 0 Å². The number of ether oxygens (including phenoxy) is 1. The van der Waals surface area contributed by atoms with E-state index in [1.807, 2.05) is 27.0 Å². The Kier molecular flexibility index (Phi) is 2.77. The molecule has 0 spiro atoms. The summed E-state index contributed by atoms with van der Waals surface area (Å²) < 4.78 is 5.29. The van der Waals surface area contributed by atoms with Crippen LogP contribution in [0.25, 0.3) is 0 Å². The van der Waals surface area contributed by atoms with Crippen molar-refractivity contribution in [1.29, 1.82) is 0 Å². The number of rotatable bonds is 0. The molecule has 1 atom stereocenters. The zero-order valence-electron chi connectivity index (χ0n) is 9.86. The molecule has 16 heavy (non-hydrogen) atoms. The topological polar surface area (TPSA) is 56.8 Å². The highest BCUT2D eigenvalue weighted by Crippen LogP contribution is 2.15. The minimum absolute atomic E-state index is 0.123. The number of amides is 1. The molecule has 0 aliphatic carbocycles. The summed E-state index contributed by atoms with van der Waals surface area (Å²) >= 11 is 0. The highest BCUT2D eigenvalue weighted by Gasteiger charge is 2.30. The standard InChI is InChI=1S/C10H18N4O2/c1-10(2,3)16-9(15)13-4-5-14-7-11-12-8(14)6-13/h4-5,8,11-12H,6-7H2,1-3H3. The van der Waals surface area contributed by atoms with Crippen LogP contribution in [0.3, 0.4) is 0 Å². The normalized spacial score (nSPS) is 24.6. The van der Waals surface area contributed by atoms with Gasteiger partial charge in [0.05, 0.1) is 13.2 Å². The molecule has 1 fully saturated rings. The predicted molar refractivity (Wildman–Crippen MR) is 58.8 cm³/mol. The third-order valence-corrected chi connectivity index (χ3v) is 2.37. The first-order chi connectivity index (χ1) is 7.46. The van der Waals surface area contributed by atoms with Crippen molar-refractivity contribution >= 4 is 6.09 Å². The molecule has 2 aliphatic rings. The van der Waals surface area contributed by atoms with E-state index in [0.29, 0.717) is 6.54 Å². The monoisotopic (exact) mass is 226 g/mol. The fourth-order valence-corrected chi connectivity index (χ4v) is 1.62. The second-order valence-electron chi connectivity index (χ2n) is 4.94. The molecule has 2 aliphatic heterocycles. The van der Waals surface area contributed by atoms with E-state index < -0.39 is 5.60 Å². The lowest BCUT2D eigenvalue weighted by Crippen LogP contribution is -2.48. The molecule has 0 aromatic rings. The second kappa shape index (κ2) is 3.95. The molecule has 1 saturated heterocycles. The van der Waals surface area contributed by atoms with E-state index in [4.69, 9.17) is 4.74 Å². The Balaban J connectivity index is 1.96. The molecule has 0 saturated carbocycles. The zero-order valence-corrected chi connectivity index (χ0v) is 9.86. The summed E-state index contributed by atoms with van der Waals surface area (Å²) in [5.41, 5.74) is 5.64. The van der Waals surface area contributed by atoms with E-state index in [0.717, 1.165) is 6.67 Å². The maximum Gasteiger partial charge on any atom is 0.414 e. The van der Waals surface area contributed by atoms with Crippen LogP contribution in [0.1, 0.15) is 20.8 Å². The first-order valence-electron chi connectivity index (χ1n) is 5.38. The van der Waals surface area contributed by atoms with E-state index in [2.05, 4.69) is 15.8 Å². The molecule has 0 aromatic heterocycles. The van der Waals surface area contributed by atoms with Crippen LogP contribution < -0.4 is 10.9 Å². The Morgan fingerprint density at radius 2 is 2.19 bits per heavy atom. The minimum Gasteiger partial charge on any atom is -0.443 e. The van der Waals surface area contributed by atoms with E-state index in [-0.39, 0.29) is 12.3 Å². The van der Waals surface area contributed by atoms with Gasteiger partial charge in [-0.05, 0) is 20.8 Å². The average molecular weight is 226 g/mol.